The van der Waals surface area contributed by atoms with Crippen molar-refractivity contribution in [3.05, 3.63) is 101 Å². The third-order valence-corrected chi connectivity index (χ3v) is 6.85. The van der Waals surface area contributed by atoms with Gasteiger partial charge in [-0.25, -0.2) is 17.5 Å². The van der Waals surface area contributed by atoms with Crippen LogP contribution in [0.3, 0.4) is 0 Å². The van der Waals surface area contributed by atoms with Gasteiger partial charge in [-0.2, -0.15) is 0 Å². The number of sulfonamides is 1. The summed E-state index contributed by atoms with van der Waals surface area (Å²) in [4.78, 5) is 24.3. The van der Waals surface area contributed by atoms with Gasteiger partial charge in [-0.1, -0.05) is 30.3 Å². The van der Waals surface area contributed by atoms with Gasteiger partial charge in [0.15, 0.2) is 5.78 Å². The van der Waals surface area contributed by atoms with Crippen molar-refractivity contribution in [2.24, 2.45) is 0 Å². The van der Waals surface area contributed by atoms with Crippen molar-refractivity contribution in [1.29, 1.82) is 0 Å². The molecular formula is C26H25NO6S. The van der Waals surface area contributed by atoms with Crippen LogP contribution >= 0.6 is 0 Å². The highest BCUT2D eigenvalue weighted by atomic mass is 32.2. The summed E-state index contributed by atoms with van der Waals surface area (Å²) >= 11 is 0. The first-order chi connectivity index (χ1) is 16.2. The molecule has 0 atom stereocenters. The van der Waals surface area contributed by atoms with Crippen molar-refractivity contribution in [2.45, 2.75) is 11.5 Å². The molecule has 0 aliphatic carbocycles. The Morgan fingerprint density at radius 3 is 2.12 bits per heavy atom. The predicted molar refractivity (Wildman–Crippen MR) is 129 cm³/mol. The number of para-hydroxylation sites is 1. The molecule has 8 heteroatoms. The zero-order valence-corrected chi connectivity index (χ0v) is 19.9. The van der Waals surface area contributed by atoms with Crippen LogP contribution in [0.1, 0.15) is 31.8 Å². The summed E-state index contributed by atoms with van der Waals surface area (Å²) in [6.45, 7) is 0.280. The largest absolute Gasteiger partial charge is 0.488 e. The Labute approximate surface area is 199 Å². The molecule has 7 nitrogen and oxygen atoms in total. The van der Waals surface area contributed by atoms with Crippen LogP contribution in [0.15, 0.2) is 83.8 Å². The van der Waals surface area contributed by atoms with E-state index in [1.165, 1.54) is 51.5 Å². The minimum atomic E-state index is -3.55. The first kappa shape index (κ1) is 24.9. The number of nitrogens with zero attached hydrogens (tertiary/aromatic N) is 1. The second-order valence-corrected chi connectivity index (χ2v) is 9.68. The first-order valence-corrected chi connectivity index (χ1v) is 11.8. The van der Waals surface area contributed by atoms with Crippen molar-refractivity contribution in [2.75, 3.05) is 21.2 Å². The molecule has 0 aliphatic rings. The van der Waals surface area contributed by atoms with Crippen LogP contribution in [0.4, 0.5) is 0 Å². The zero-order valence-electron chi connectivity index (χ0n) is 19.1. The molecule has 0 heterocycles. The second-order valence-electron chi connectivity index (χ2n) is 7.52. The molecular weight excluding hydrogens is 454 g/mol. The number of carbonyl (C=O) groups excluding carboxylic acids is 2. The highest BCUT2D eigenvalue weighted by Crippen LogP contribution is 2.22. The highest BCUT2D eigenvalue weighted by Gasteiger charge is 2.17. The molecule has 0 spiro atoms. The van der Waals surface area contributed by atoms with Gasteiger partial charge in [0.1, 0.15) is 12.4 Å². The first-order valence-electron chi connectivity index (χ1n) is 10.4. The van der Waals surface area contributed by atoms with Crippen LogP contribution in [0.2, 0.25) is 0 Å². The van der Waals surface area contributed by atoms with Crippen LogP contribution < -0.4 is 4.74 Å². The quantitative estimate of drug-likeness (QED) is 0.260. The summed E-state index contributed by atoms with van der Waals surface area (Å²) in [5.41, 5.74) is 2.42. The van der Waals surface area contributed by atoms with Crippen LogP contribution in [-0.4, -0.2) is 45.7 Å². The molecule has 34 heavy (non-hydrogen) atoms. The topological polar surface area (TPSA) is 90.0 Å². The fourth-order valence-electron chi connectivity index (χ4n) is 3.03. The number of esters is 1. The highest BCUT2D eigenvalue weighted by molar-refractivity contribution is 7.89. The molecule has 0 bridgehead atoms. The Balaban J connectivity index is 1.69. The Morgan fingerprint density at radius 1 is 0.882 bits per heavy atom. The van der Waals surface area contributed by atoms with Crippen molar-refractivity contribution in [3.8, 4) is 5.75 Å². The molecule has 3 aromatic rings. The Kier molecular flexibility index (Phi) is 7.99. The van der Waals surface area contributed by atoms with E-state index in [-0.39, 0.29) is 17.3 Å². The molecule has 0 fully saturated rings. The number of hydrogen-bond acceptors (Lipinski definition) is 6. The Bertz CT molecular complexity index is 1290. The molecule has 0 aliphatic heterocycles. The fourth-order valence-corrected chi connectivity index (χ4v) is 3.93. The number of ketones is 1. The summed E-state index contributed by atoms with van der Waals surface area (Å²) in [6, 6.07) is 20.0. The van der Waals surface area contributed by atoms with Crippen LogP contribution in [0.25, 0.3) is 6.08 Å². The van der Waals surface area contributed by atoms with Gasteiger partial charge in [0.05, 0.1) is 17.6 Å². The molecule has 0 aromatic heterocycles. The number of ether oxygens (including phenoxy) is 2. The van der Waals surface area contributed by atoms with Crippen LogP contribution in [0.5, 0.6) is 5.75 Å². The maximum Gasteiger partial charge on any atom is 0.337 e. The number of carbonyl (C=O) groups is 2. The molecule has 3 rings (SSSR count). The summed E-state index contributed by atoms with van der Waals surface area (Å²) in [5.74, 6) is -0.0698. The van der Waals surface area contributed by atoms with E-state index in [2.05, 4.69) is 0 Å². The minimum absolute atomic E-state index is 0.122. The summed E-state index contributed by atoms with van der Waals surface area (Å²) < 4.78 is 36.1. The van der Waals surface area contributed by atoms with Gasteiger partial charge >= 0.3 is 5.97 Å². The molecule has 3 aromatic carbocycles. The van der Waals surface area contributed by atoms with Gasteiger partial charge in [-0.3, -0.25) is 4.79 Å². The zero-order chi connectivity index (χ0) is 24.7. The average Bonchev–Trinajstić information content (AvgIpc) is 2.86. The predicted octanol–water partition coefficient (Wildman–Crippen LogP) is 4.20. The van der Waals surface area contributed by atoms with Crippen molar-refractivity contribution >= 4 is 27.9 Å². The SMILES string of the molecule is COC(=O)c1ccc(COc2ccccc2C=CC(=O)c2ccc(S(=O)(=O)N(C)C)cc2)cc1. The maximum atomic E-state index is 12.6. The molecule has 0 saturated carbocycles. The van der Waals surface area contributed by atoms with Crippen molar-refractivity contribution in [3.63, 3.8) is 0 Å². The molecule has 0 radical (unpaired) electrons. The van der Waals surface area contributed by atoms with Gasteiger partial charge in [0.2, 0.25) is 10.0 Å². The maximum absolute atomic E-state index is 12.6. The second kappa shape index (κ2) is 10.9. The smallest absolute Gasteiger partial charge is 0.337 e. The monoisotopic (exact) mass is 479 g/mol. The van der Waals surface area contributed by atoms with E-state index in [9.17, 15) is 18.0 Å². The fraction of sp³-hybridized carbons (Fsp3) is 0.154. The van der Waals surface area contributed by atoms with E-state index in [4.69, 9.17) is 9.47 Å². The van der Waals surface area contributed by atoms with Crippen molar-refractivity contribution < 1.29 is 27.5 Å². The van der Waals surface area contributed by atoms with E-state index in [1.807, 2.05) is 18.2 Å². The lowest BCUT2D eigenvalue weighted by Crippen LogP contribution is -2.22. The third kappa shape index (κ3) is 5.98. The lowest BCUT2D eigenvalue weighted by Gasteiger charge is -2.11. The van der Waals surface area contributed by atoms with E-state index in [0.717, 1.165) is 9.87 Å². The standard InChI is InChI=1S/C26H25NO6S/c1-27(2)34(30,31)23-15-12-20(13-16-23)24(28)17-14-21-6-4-5-7-25(21)33-18-19-8-10-22(11-9-19)26(29)32-3/h4-17H,18H2,1-3H3. The minimum Gasteiger partial charge on any atom is -0.488 e. The normalized spacial score (nSPS) is 11.5. The summed E-state index contributed by atoms with van der Waals surface area (Å²) in [6.07, 6.45) is 3.07. The molecule has 0 unspecified atom stereocenters. The summed E-state index contributed by atoms with van der Waals surface area (Å²) in [7, 11) is 0.684. The molecule has 176 valence electrons. The van der Waals surface area contributed by atoms with E-state index >= 15 is 0 Å². The number of hydrogen-bond donors (Lipinski definition) is 0. The number of allylic oxidation sites excluding steroid dienone is 1. The molecule has 0 N–H and O–H groups in total. The third-order valence-electron chi connectivity index (χ3n) is 5.02. The van der Waals surface area contributed by atoms with Gasteiger partial charge in [0.25, 0.3) is 0 Å². The Hall–Kier alpha value is -3.75. The van der Waals surface area contributed by atoms with Gasteiger partial charge in [-0.05, 0) is 60.2 Å². The van der Waals surface area contributed by atoms with E-state index < -0.39 is 16.0 Å². The van der Waals surface area contributed by atoms with Crippen LogP contribution in [-0.2, 0) is 21.4 Å². The average molecular weight is 480 g/mol. The number of rotatable bonds is 9. The molecule has 0 saturated heterocycles. The molecule has 0 amide bonds. The van der Waals surface area contributed by atoms with E-state index in [0.29, 0.717) is 22.4 Å². The van der Waals surface area contributed by atoms with Gasteiger partial charge < -0.3 is 9.47 Å². The van der Waals surface area contributed by atoms with Crippen molar-refractivity contribution in [1.82, 2.24) is 4.31 Å². The number of methoxy groups -OCH3 is 1. The Morgan fingerprint density at radius 2 is 1.50 bits per heavy atom. The van der Waals surface area contributed by atoms with Gasteiger partial charge in [0, 0.05) is 25.2 Å². The van der Waals surface area contributed by atoms with Gasteiger partial charge in [-0.15, -0.1) is 0 Å². The lowest BCUT2D eigenvalue weighted by molar-refractivity contribution is 0.0600. The lowest BCUT2D eigenvalue weighted by atomic mass is 10.1. The van der Waals surface area contributed by atoms with Crippen LogP contribution in [0, 0.1) is 0 Å². The van der Waals surface area contributed by atoms with E-state index in [1.54, 1.807) is 36.4 Å². The number of benzene rings is 3. The summed E-state index contributed by atoms with van der Waals surface area (Å²) in [5, 5.41) is 0.